The molecule has 1 atom stereocenters. The molecule has 0 amide bonds. The summed E-state index contributed by atoms with van der Waals surface area (Å²) in [6.07, 6.45) is 7.06. The number of pyridine rings is 1. The number of ether oxygens (including phenoxy) is 1. The van der Waals surface area contributed by atoms with E-state index < -0.39 is 0 Å². The van der Waals surface area contributed by atoms with Crippen molar-refractivity contribution in [2.24, 2.45) is 11.7 Å². The van der Waals surface area contributed by atoms with Gasteiger partial charge in [0.05, 0.1) is 0 Å². The first-order chi connectivity index (χ1) is 12.8. The minimum absolute atomic E-state index is 0.581. The number of hydrogen-bond acceptors (Lipinski definition) is 3. The summed E-state index contributed by atoms with van der Waals surface area (Å²) < 4.78 is 6.02. The van der Waals surface area contributed by atoms with Gasteiger partial charge in [-0.2, -0.15) is 0 Å². The normalized spacial score (nSPS) is 16.1. The summed E-state index contributed by atoms with van der Waals surface area (Å²) in [6, 6.07) is 19.0. The second-order valence-electron chi connectivity index (χ2n) is 7.00. The van der Waals surface area contributed by atoms with E-state index >= 15 is 0 Å². The van der Waals surface area contributed by atoms with Crippen molar-refractivity contribution in [2.75, 3.05) is 6.54 Å². The molecular weight excluding hydrogens is 320 g/mol. The van der Waals surface area contributed by atoms with Crippen molar-refractivity contribution in [3.8, 4) is 16.9 Å². The summed E-state index contributed by atoms with van der Waals surface area (Å²) in [5, 5.41) is 0. The molecule has 3 heteroatoms. The van der Waals surface area contributed by atoms with Gasteiger partial charge in [0.15, 0.2) is 0 Å². The van der Waals surface area contributed by atoms with E-state index in [2.05, 4.69) is 53.5 Å². The van der Waals surface area contributed by atoms with Crippen LogP contribution in [0.5, 0.6) is 5.75 Å². The molecule has 0 saturated carbocycles. The molecule has 0 spiro atoms. The van der Waals surface area contributed by atoms with Crippen molar-refractivity contribution in [3.05, 3.63) is 83.7 Å². The number of aryl methyl sites for hydroxylation is 1. The van der Waals surface area contributed by atoms with Crippen LogP contribution in [-0.2, 0) is 19.4 Å². The Morgan fingerprint density at radius 1 is 1.00 bits per heavy atom. The Labute approximate surface area is 154 Å². The summed E-state index contributed by atoms with van der Waals surface area (Å²) in [4.78, 5) is 4.17. The van der Waals surface area contributed by atoms with Crippen LogP contribution in [0, 0.1) is 5.92 Å². The molecule has 0 radical (unpaired) electrons. The molecular formula is C23H24N2O. The maximum Gasteiger partial charge on any atom is 0.120 e. The minimum Gasteiger partial charge on any atom is -0.489 e. The van der Waals surface area contributed by atoms with E-state index in [9.17, 15) is 0 Å². The summed E-state index contributed by atoms with van der Waals surface area (Å²) in [6.45, 7) is 1.37. The zero-order valence-corrected chi connectivity index (χ0v) is 14.9. The molecule has 1 heterocycles. The molecule has 1 unspecified atom stereocenters. The maximum absolute atomic E-state index is 6.02. The van der Waals surface area contributed by atoms with Crippen molar-refractivity contribution in [3.63, 3.8) is 0 Å². The first kappa shape index (κ1) is 16.8. The Balaban J connectivity index is 1.40. The van der Waals surface area contributed by atoms with Crippen molar-refractivity contribution in [2.45, 2.75) is 25.9 Å². The zero-order chi connectivity index (χ0) is 17.8. The summed E-state index contributed by atoms with van der Waals surface area (Å²) in [7, 11) is 0. The third kappa shape index (κ3) is 3.78. The molecule has 3 aromatic rings. The number of nitrogens with two attached hydrogens (primary N) is 1. The number of fused-ring (bicyclic) bond motifs is 1. The third-order valence-corrected chi connectivity index (χ3v) is 5.20. The van der Waals surface area contributed by atoms with Gasteiger partial charge in [0.1, 0.15) is 12.4 Å². The van der Waals surface area contributed by atoms with Crippen LogP contribution in [0.15, 0.2) is 67.0 Å². The lowest BCUT2D eigenvalue weighted by Gasteiger charge is -2.23. The van der Waals surface area contributed by atoms with Crippen LogP contribution in [-0.4, -0.2) is 11.5 Å². The van der Waals surface area contributed by atoms with Crippen LogP contribution >= 0.6 is 0 Å². The highest BCUT2D eigenvalue weighted by Gasteiger charge is 2.17. The highest BCUT2D eigenvalue weighted by Crippen LogP contribution is 2.28. The number of aromatic nitrogens is 1. The molecule has 0 fully saturated rings. The third-order valence-electron chi connectivity index (χ3n) is 5.20. The molecule has 132 valence electrons. The maximum atomic E-state index is 6.02. The fourth-order valence-corrected chi connectivity index (χ4v) is 3.59. The highest BCUT2D eigenvalue weighted by molar-refractivity contribution is 5.62. The van der Waals surface area contributed by atoms with Crippen molar-refractivity contribution in [1.29, 1.82) is 0 Å². The Kier molecular flexibility index (Phi) is 4.98. The lowest BCUT2D eigenvalue weighted by atomic mass is 9.84. The Hall–Kier alpha value is -2.65. The minimum atomic E-state index is 0.581. The first-order valence-corrected chi connectivity index (χ1v) is 9.26. The Morgan fingerprint density at radius 2 is 1.88 bits per heavy atom. The van der Waals surface area contributed by atoms with E-state index in [0.29, 0.717) is 12.5 Å². The van der Waals surface area contributed by atoms with Gasteiger partial charge in [-0.3, -0.25) is 4.98 Å². The molecule has 0 aliphatic heterocycles. The van der Waals surface area contributed by atoms with Gasteiger partial charge >= 0.3 is 0 Å². The van der Waals surface area contributed by atoms with E-state index in [1.165, 1.54) is 28.7 Å². The monoisotopic (exact) mass is 344 g/mol. The van der Waals surface area contributed by atoms with E-state index in [1.54, 1.807) is 6.20 Å². The molecule has 1 aromatic heterocycles. The highest BCUT2D eigenvalue weighted by atomic mass is 16.5. The summed E-state index contributed by atoms with van der Waals surface area (Å²) in [5.74, 6) is 1.58. The molecule has 2 aromatic carbocycles. The standard InChI is InChI=1S/C23H24N2O/c24-14-18-5-8-21-13-23(10-9-20(21)12-18)26-16-17-3-6-19(7-4-17)22-2-1-11-25-15-22/h1-4,6-7,9-11,13,15,18H,5,8,12,14,16,24H2. The van der Waals surface area contributed by atoms with E-state index in [-0.39, 0.29) is 0 Å². The molecule has 0 saturated heterocycles. The lowest BCUT2D eigenvalue weighted by molar-refractivity contribution is 0.305. The van der Waals surface area contributed by atoms with Gasteiger partial charge < -0.3 is 10.5 Å². The second kappa shape index (κ2) is 7.71. The quantitative estimate of drug-likeness (QED) is 0.747. The van der Waals surface area contributed by atoms with Crippen molar-refractivity contribution in [1.82, 2.24) is 4.98 Å². The van der Waals surface area contributed by atoms with E-state index in [1.807, 2.05) is 12.3 Å². The molecule has 2 N–H and O–H groups in total. The van der Waals surface area contributed by atoms with Crippen LogP contribution in [0.4, 0.5) is 0 Å². The molecule has 4 rings (SSSR count). The van der Waals surface area contributed by atoms with Gasteiger partial charge in [0, 0.05) is 12.4 Å². The van der Waals surface area contributed by atoms with Gasteiger partial charge in [-0.05, 0) is 77.7 Å². The topological polar surface area (TPSA) is 48.1 Å². The van der Waals surface area contributed by atoms with E-state index in [4.69, 9.17) is 10.5 Å². The molecule has 26 heavy (non-hydrogen) atoms. The second-order valence-corrected chi connectivity index (χ2v) is 7.00. The average molecular weight is 344 g/mol. The Bertz CT molecular complexity index is 859. The molecule has 1 aliphatic carbocycles. The van der Waals surface area contributed by atoms with Crippen molar-refractivity contribution >= 4 is 0 Å². The van der Waals surface area contributed by atoms with Crippen LogP contribution in [0.1, 0.15) is 23.1 Å². The van der Waals surface area contributed by atoms with Gasteiger partial charge in [0.2, 0.25) is 0 Å². The number of nitrogens with zero attached hydrogens (tertiary/aromatic N) is 1. The largest absolute Gasteiger partial charge is 0.489 e. The van der Waals surface area contributed by atoms with E-state index in [0.717, 1.165) is 30.7 Å². The predicted molar refractivity (Wildman–Crippen MR) is 105 cm³/mol. The van der Waals surface area contributed by atoms with Crippen LogP contribution in [0.3, 0.4) is 0 Å². The SMILES string of the molecule is NCC1CCc2cc(OCc3ccc(-c4cccnc4)cc3)ccc2C1. The van der Waals surface area contributed by atoms with Gasteiger partial charge in [-0.1, -0.05) is 36.4 Å². The smallest absolute Gasteiger partial charge is 0.120 e. The number of benzene rings is 2. The van der Waals surface area contributed by atoms with Gasteiger partial charge in [-0.15, -0.1) is 0 Å². The lowest BCUT2D eigenvalue weighted by Crippen LogP contribution is -2.22. The average Bonchev–Trinajstić information content (AvgIpc) is 2.72. The van der Waals surface area contributed by atoms with Crippen molar-refractivity contribution < 1.29 is 4.74 Å². The number of rotatable bonds is 5. The zero-order valence-electron chi connectivity index (χ0n) is 14.9. The molecule has 3 nitrogen and oxygen atoms in total. The van der Waals surface area contributed by atoms with Gasteiger partial charge in [-0.25, -0.2) is 0 Å². The molecule has 0 bridgehead atoms. The summed E-state index contributed by atoms with van der Waals surface area (Å²) in [5.41, 5.74) is 12.1. The predicted octanol–water partition coefficient (Wildman–Crippen LogP) is 4.39. The summed E-state index contributed by atoms with van der Waals surface area (Å²) >= 11 is 0. The van der Waals surface area contributed by atoms with Crippen LogP contribution in [0.2, 0.25) is 0 Å². The first-order valence-electron chi connectivity index (χ1n) is 9.26. The fraction of sp³-hybridized carbons (Fsp3) is 0.261. The van der Waals surface area contributed by atoms with Crippen LogP contribution < -0.4 is 10.5 Å². The Morgan fingerprint density at radius 3 is 2.65 bits per heavy atom. The fourth-order valence-electron chi connectivity index (χ4n) is 3.59. The molecule has 1 aliphatic rings. The van der Waals surface area contributed by atoms with Gasteiger partial charge in [0.25, 0.3) is 0 Å². The van der Waals surface area contributed by atoms with Crippen LogP contribution in [0.25, 0.3) is 11.1 Å². The number of hydrogen-bond donors (Lipinski definition) is 1.